The summed E-state index contributed by atoms with van der Waals surface area (Å²) in [5, 5.41) is 6.37. The minimum atomic E-state index is 0.429. The van der Waals surface area contributed by atoms with Crippen LogP contribution in [0.5, 0.6) is 5.88 Å². The Labute approximate surface area is 179 Å². The van der Waals surface area contributed by atoms with Gasteiger partial charge in [0, 0.05) is 30.4 Å². The minimum absolute atomic E-state index is 0.429. The van der Waals surface area contributed by atoms with Crippen LogP contribution >= 0.6 is 0 Å². The third-order valence-electron chi connectivity index (χ3n) is 4.15. The maximum Gasteiger partial charge on any atom is 0.224 e. The molecule has 2 aromatic rings. The molecule has 0 unspecified atom stereocenters. The SMILES string of the molecule is C=C/C=C(\C=C/CNC(=C)Cc1cc(C)ccc1C)Oc1cc(NC(=C)C)ncn1. The van der Waals surface area contributed by atoms with Crippen molar-refractivity contribution in [2.75, 3.05) is 11.9 Å². The van der Waals surface area contributed by atoms with E-state index in [0.717, 1.165) is 17.8 Å². The number of benzene rings is 1. The summed E-state index contributed by atoms with van der Waals surface area (Å²) in [4.78, 5) is 8.28. The van der Waals surface area contributed by atoms with E-state index in [4.69, 9.17) is 4.74 Å². The summed E-state index contributed by atoms with van der Waals surface area (Å²) >= 11 is 0. The van der Waals surface area contributed by atoms with Crippen LogP contribution in [-0.4, -0.2) is 16.5 Å². The molecular formula is C25H30N4O. The Morgan fingerprint density at radius 3 is 2.70 bits per heavy atom. The van der Waals surface area contributed by atoms with Crippen molar-refractivity contribution in [1.29, 1.82) is 0 Å². The first kappa shape index (κ1) is 22.7. The van der Waals surface area contributed by atoms with Gasteiger partial charge < -0.3 is 15.4 Å². The van der Waals surface area contributed by atoms with E-state index in [9.17, 15) is 0 Å². The quantitative estimate of drug-likeness (QED) is 0.390. The van der Waals surface area contributed by atoms with Crippen LogP contribution in [0.15, 0.2) is 91.8 Å². The molecular weight excluding hydrogens is 372 g/mol. The Kier molecular flexibility index (Phi) is 8.63. The molecule has 2 N–H and O–H groups in total. The van der Waals surface area contributed by atoms with E-state index in [1.54, 1.807) is 18.2 Å². The molecule has 0 fully saturated rings. The Hall–Kier alpha value is -3.60. The topological polar surface area (TPSA) is 59.1 Å². The largest absolute Gasteiger partial charge is 0.439 e. The zero-order valence-corrected chi connectivity index (χ0v) is 18.0. The van der Waals surface area contributed by atoms with E-state index >= 15 is 0 Å². The number of nitrogens with zero attached hydrogens (tertiary/aromatic N) is 2. The highest BCUT2D eigenvalue weighted by Gasteiger charge is 2.03. The van der Waals surface area contributed by atoms with Gasteiger partial charge in [0.25, 0.3) is 0 Å². The first-order valence-corrected chi connectivity index (χ1v) is 9.77. The molecule has 0 spiro atoms. The van der Waals surface area contributed by atoms with Gasteiger partial charge in [-0.25, -0.2) is 9.97 Å². The van der Waals surface area contributed by atoms with E-state index in [2.05, 4.69) is 72.4 Å². The molecule has 0 aliphatic heterocycles. The molecule has 1 aromatic heterocycles. The number of hydrogen-bond donors (Lipinski definition) is 2. The van der Waals surface area contributed by atoms with Crippen molar-refractivity contribution >= 4 is 5.82 Å². The molecule has 1 aromatic carbocycles. The molecule has 5 nitrogen and oxygen atoms in total. The highest BCUT2D eigenvalue weighted by Crippen LogP contribution is 2.16. The van der Waals surface area contributed by atoms with Crippen LogP contribution in [0.4, 0.5) is 5.82 Å². The second kappa shape index (κ2) is 11.4. The molecule has 0 atom stereocenters. The number of hydrogen-bond acceptors (Lipinski definition) is 5. The van der Waals surface area contributed by atoms with Crippen molar-refractivity contribution in [3.8, 4) is 5.88 Å². The van der Waals surface area contributed by atoms with Crippen molar-refractivity contribution in [1.82, 2.24) is 15.3 Å². The minimum Gasteiger partial charge on any atom is -0.439 e. The molecule has 1 heterocycles. The Morgan fingerprint density at radius 1 is 1.17 bits per heavy atom. The lowest BCUT2D eigenvalue weighted by atomic mass is 10.0. The zero-order chi connectivity index (χ0) is 21.9. The second-order valence-electron chi connectivity index (χ2n) is 7.05. The first-order chi connectivity index (χ1) is 14.4. The molecule has 2 rings (SSSR count). The lowest BCUT2D eigenvalue weighted by Crippen LogP contribution is -2.14. The zero-order valence-electron chi connectivity index (χ0n) is 18.0. The Bertz CT molecular complexity index is 973. The Balaban J connectivity index is 1.91. The summed E-state index contributed by atoms with van der Waals surface area (Å²) in [6, 6.07) is 8.19. The smallest absolute Gasteiger partial charge is 0.224 e. The maximum atomic E-state index is 5.84. The van der Waals surface area contributed by atoms with Crippen LogP contribution in [0.3, 0.4) is 0 Å². The van der Waals surface area contributed by atoms with Crippen LogP contribution in [0.25, 0.3) is 0 Å². The molecule has 0 saturated carbocycles. The highest BCUT2D eigenvalue weighted by molar-refractivity contribution is 5.42. The van der Waals surface area contributed by atoms with Gasteiger partial charge in [-0.15, -0.1) is 0 Å². The molecule has 0 aliphatic rings. The summed E-state index contributed by atoms with van der Waals surface area (Å²) in [5.74, 6) is 1.67. The normalized spacial score (nSPS) is 11.2. The number of allylic oxidation sites excluding steroid dienone is 5. The number of ether oxygens (including phenoxy) is 1. The summed E-state index contributed by atoms with van der Waals surface area (Å²) in [5.41, 5.74) is 5.57. The van der Waals surface area contributed by atoms with Gasteiger partial charge in [-0.05, 0) is 44.1 Å². The molecule has 156 valence electrons. The molecule has 5 heteroatoms. The number of aromatic nitrogens is 2. The number of anilines is 1. The third-order valence-corrected chi connectivity index (χ3v) is 4.15. The van der Waals surface area contributed by atoms with Crippen LogP contribution in [0.1, 0.15) is 23.6 Å². The molecule has 30 heavy (non-hydrogen) atoms. The summed E-state index contributed by atoms with van der Waals surface area (Å²) < 4.78 is 5.84. The lowest BCUT2D eigenvalue weighted by molar-refractivity contribution is 0.425. The highest BCUT2D eigenvalue weighted by atomic mass is 16.5. The number of nitrogens with one attached hydrogen (secondary N) is 2. The van der Waals surface area contributed by atoms with E-state index in [-0.39, 0.29) is 0 Å². The van der Waals surface area contributed by atoms with Gasteiger partial charge in [0.15, 0.2) is 0 Å². The molecule has 0 radical (unpaired) electrons. The van der Waals surface area contributed by atoms with Gasteiger partial charge in [-0.3, -0.25) is 0 Å². The lowest BCUT2D eigenvalue weighted by Gasteiger charge is -2.11. The van der Waals surface area contributed by atoms with Crippen molar-refractivity contribution in [3.05, 3.63) is 108 Å². The molecule has 0 aliphatic carbocycles. The van der Waals surface area contributed by atoms with E-state index in [1.165, 1.54) is 23.0 Å². The van der Waals surface area contributed by atoms with Crippen LogP contribution in [0.2, 0.25) is 0 Å². The van der Waals surface area contributed by atoms with Crippen molar-refractivity contribution in [2.24, 2.45) is 0 Å². The van der Waals surface area contributed by atoms with Gasteiger partial charge in [0.1, 0.15) is 17.9 Å². The summed E-state index contributed by atoms with van der Waals surface area (Å²) in [7, 11) is 0. The van der Waals surface area contributed by atoms with Crippen LogP contribution in [0, 0.1) is 13.8 Å². The standard InChI is InChI=1S/C25H30N4O/c1-7-9-23(30-25-16-24(27-17-28-25)29-18(2)3)10-8-13-26-21(6)15-22-14-19(4)11-12-20(22)5/h7-12,14,16-17,26H,1-2,6,13,15H2,3-5H3,(H,27,28,29)/b10-8-,23-9+. The first-order valence-electron chi connectivity index (χ1n) is 9.77. The van der Waals surface area contributed by atoms with Crippen LogP contribution < -0.4 is 15.4 Å². The number of rotatable bonds is 11. The van der Waals surface area contributed by atoms with E-state index in [1.807, 2.05) is 19.1 Å². The van der Waals surface area contributed by atoms with Crippen molar-refractivity contribution in [2.45, 2.75) is 27.2 Å². The van der Waals surface area contributed by atoms with Crippen molar-refractivity contribution in [3.63, 3.8) is 0 Å². The maximum absolute atomic E-state index is 5.84. The average Bonchev–Trinajstić information content (AvgIpc) is 2.68. The summed E-state index contributed by atoms with van der Waals surface area (Å²) in [6.07, 6.45) is 9.52. The van der Waals surface area contributed by atoms with E-state index in [0.29, 0.717) is 24.0 Å². The monoisotopic (exact) mass is 402 g/mol. The number of aryl methyl sites for hydroxylation is 2. The van der Waals surface area contributed by atoms with Gasteiger partial charge in [-0.1, -0.05) is 55.7 Å². The predicted octanol–water partition coefficient (Wildman–Crippen LogP) is 5.39. The summed E-state index contributed by atoms with van der Waals surface area (Å²) in [6.45, 7) is 18.4. The van der Waals surface area contributed by atoms with Crippen molar-refractivity contribution < 1.29 is 4.74 Å². The van der Waals surface area contributed by atoms with Crippen LogP contribution in [-0.2, 0) is 6.42 Å². The fourth-order valence-electron chi connectivity index (χ4n) is 2.70. The molecule has 0 amide bonds. The fraction of sp³-hybridized carbons (Fsp3) is 0.200. The van der Waals surface area contributed by atoms with Gasteiger partial charge >= 0.3 is 0 Å². The second-order valence-corrected chi connectivity index (χ2v) is 7.05. The van der Waals surface area contributed by atoms with E-state index < -0.39 is 0 Å². The third kappa shape index (κ3) is 7.80. The molecule has 0 saturated heterocycles. The Morgan fingerprint density at radius 2 is 1.97 bits per heavy atom. The fourth-order valence-corrected chi connectivity index (χ4v) is 2.70. The van der Waals surface area contributed by atoms with Gasteiger partial charge in [-0.2, -0.15) is 0 Å². The predicted molar refractivity (Wildman–Crippen MR) is 125 cm³/mol. The molecule has 0 bridgehead atoms. The van der Waals surface area contributed by atoms with Gasteiger partial charge in [0.2, 0.25) is 5.88 Å². The average molecular weight is 403 g/mol. The van der Waals surface area contributed by atoms with Gasteiger partial charge in [0.05, 0.1) is 0 Å².